The second-order valence-electron chi connectivity index (χ2n) is 7.41. The molecule has 4 aromatic rings. The summed E-state index contributed by atoms with van der Waals surface area (Å²) in [5.41, 5.74) is 2.89. The minimum atomic E-state index is -0.284. The van der Waals surface area contributed by atoms with Gasteiger partial charge < -0.3 is 10.6 Å². The summed E-state index contributed by atoms with van der Waals surface area (Å²) < 4.78 is 14.7. The topological polar surface area (TPSA) is 88.9 Å². The Bertz CT molecular complexity index is 1260. The zero-order valence-electron chi connectivity index (χ0n) is 18.1. The number of benzene rings is 2. The van der Waals surface area contributed by atoms with Gasteiger partial charge in [-0.15, -0.1) is 11.8 Å². The van der Waals surface area contributed by atoms with Gasteiger partial charge in [0.2, 0.25) is 5.91 Å². The van der Waals surface area contributed by atoms with Gasteiger partial charge in [-0.05, 0) is 53.6 Å². The summed E-state index contributed by atoms with van der Waals surface area (Å²) in [5.74, 6) is -0.156. The molecule has 0 saturated heterocycles. The number of nitrogens with one attached hydrogen (secondary N) is 2. The number of aromatic nitrogens is 3. The molecule has 34 heavy (non-hydrogen) atoms. The molecule has 0 aliphatic rings. The number of hydrogen-bond acceptors (Lipinski definition) is 5. The number of amides is 2. The van der Waals surface area contributed by atoms with Crippen LogP contribution < -0.4 is 10.6 Å². The zero-order valence-corrected chi connectivity index (χ0v) is 19.0. The molecule has 0 bridgehead atoms. The molecule has 4 rings (SSSR count). The molecule has 0 atom stereocenters. The van der Waals surface area contributed by atoms with Crippen molar-refractivity contribution in [1.82, 2.24) is 20.1 Å². The molecule has 2 amide bonds. The SMILES string of the molecule is O=C(Cn1cccn1)Nc1cccc(CNC(=O)c2cccnc2SCc2ccc(F)cc2)c1. The molecular formula is C25H22FN5O2S. The maximum absolute atomic E-state index is 13.1. The Morgan fingerprint density at radius 1 is 0.971 bits per heavy atom. The van der Waals surface area contributed by atoms with Crippen molar-refractivity contribution < 1.29 is 14.0 Å². The maximum atomic E-state index is 13.1. The number of pyridine rings is 1. The molecule has 0 spiro atoms. The molecule has 0 radical (unpaired) electrons. The van der Waals surface area contributed by atoms with Crippen LogP contribution in [-0.4, -0.2) is 26.6 Å². The van der Waals surface area contributed by atoms with Crippen LogP contribution in [0.3, 0.4) is 0 Å². The average Bonchev–Trinajstić information content (AvgIpc) is 3.35. The van der Waals surface area contributed by atoms with Crippen LogP contribution >= 0.6 is 11.8 Å². The van der Waals surface area contributed by atoms with Crippen LogP contribution in [0.2, 0.25) is 0 Å². The van der Waals surface area contributed by atoms with E-state index >= 15 is 0 Å². The van der Waals surface area contributed by atoms with Gasteiger partial charge in [0.1, 0.15) is 17.4 Å². The number of anilines is 1. The van der Waals surface area contributed by atoms with E-state index in [1.54, 1.807) is 59.7 Å². The highest BCUT2D eigenvalue weighted by Gasteiger charge is 2.13. The van der Waals surface area contributed by atoms with E-state index in [1.807, 2.05) is 18.2 Å². The van der Waals surface area contributed by atoms with Gasteiger partial charge in [0.15, 0.2) is 0 Å². The van der Waals surface area contributed by atoms with Crippen LogP contribution in [0.25, 0.3) is 0 Å². The molecule has 9 heteroatoms. The van der Waals surface area contributed by atoms with Crippen LogP contribution in [-0.2, 0) is 23.6 Å². The second kappa shape index (κ2) is 11.2. The van der Waals surface area contributed by atoms with E-state index in [-0.39, 0.29) is 24.2 Å². The minimum absolute atomic E-state index is 0.118. The van der Waals surface area contributed by atoms with E-state index < -0.39 is 0 Å². The quantitative estimate of drug-likeness (QED) is 0.353. The molecule has 172 valence electrons. The van der Waals surface area contributed by atoms with Gasteiger partial charge >= 0.3 is 0 Å². The summed E-state index contributed by atoms with van der Waals surface area (Å²) >= 11 is 1.42. The van der Waals surface area contributed by atoms with Gasteiger partial charge in [-0.3, -0.25) is 14.3 Å². The van der Waals surface area contributed by atoms with Crippen LogP contribution in [0.4, 0.5) is 10.1 Å². The highest BCUT2D eigenvalue weighted by molar-refractivity contribution is 7.98. The summed E-state index contributed by atoms with van der Waals surface area (Å²) in [6.45, 7) is 0.409. The number of hydrogen-bond donors (Lipinski definition) is 2. The van der Waals surface area contributed by atoms with E-state index in [0.29, 0.717) is 28.6 Å². The Morgan fingerprint density at radius 3 is 2.62 bits per heavy atom. The van der Waals surface area contributed by atoms with Crippen molar-refractivity contribution in [3.8, 4) is 0 Å². The first kappa shape index (κ1) is 23.2. The maximum Gasteiger partial charge on any atom is 0.254 e. The number of thioether (sulfide) groups is 1. The molecule has 0 unspecified atom stereocenters. The molecule has 7 nitrogen and oxygen atoms in total. The summed E-state index contributed by atoms with van der Waals surface area (Å²) in [5, 5.41) is 10.4. The Balaban J connectivity index is 1.34. The van der Waals surface area contributed by atoms with E-state index in [1.165, 1.54) is 23.9 Å². The lowest BCUT2D eigenvalue weighted by Crippen LogP contribution is -2.24. The molecule has 0 aliphatic carbocycles. The fourth-order valence-corrected chi connectivity index (χ4v) is 4.14. The first-order valence-corrected chi connectivity index (χ1v) is 11.5. The van der Waals surface area contributed by atoms with Crippen LogP contribution in [0.15, 0.2) is 90.3 Å². The molecule has 2 aromatic carbocycles. The highest BCUT2D eigenvalue weighted by Crippen LogP contribution is 2.24. The second-order valence-corrected chi connectivity index (χ2v) is 8.37. The summed E-state index contributed by atoms with van der Waals surface area (Å²) in [7, 11) is 0. The third-order valence-electron chi connectivity index (χ3n) is 4.83. The number of rotatable bonds is 9. The third kappa shape index (κ3) is 6.52. The highest BCUT2D eigenvalue weighted by atomic mass is 32.2. The molecule has 2 heterocycles. The third-order valence-corrected chi connectivity index (χ3v) is 5.91. The van der Waals surface area contributed by atoms with E-state index in [2.05, 4.69) is 20.7 Å². The Kier molecular flexibility index (Phi) is 7.67. The lowest BCUT2D eigenvalue weighted by molar-refractivity contribution is -0.116. The predicted molar refractivity (Wildman–Crippen MR) is 129 cm³/mol. The zero-order chi connectivity index (χ0) is 23.8. The summed E-state index contributed by atoms with van der Waals surface area (Å²) in [6, 6.07) is 18.7. The lowest BCUT2D eigenvalue weighted by atomic mass is 10.2. The van der Waals surface area contributed by atoms with Crippen LogP contribution in [0.5, 0.6) is 0 Å². The monoisotopic (exact) mass is 475 g/mol. The first-order valence-electron chi connectivity index (χ1n) is 10.5. The molecule has 0 aliphatic heterocycles. The smallest absolute Gasteiger partial charge is 0.254 e. The van der Waals surface area contributed by atoms with E-state index in [4.69, 9.17) is 0 Å². The minimum Gasteiger partial charge on any atom is -0.348 e. The number of halogens is 1. The van der Waals surface area contributed by atoms with E-state index in [0.717, 1.165) is 11.1 Å². The molecular weight excluding hydrogens is 453 g/mol. The molecule has 0 fully saturated rings. The largest absolute Gasteiger partial charge is 0.348 e. The van der Waals surface area contributed by atoms with Gasteiger partial charge in [-0.25, -0.2) is 9.37 Å². The van der Waals surface area contributed by atoms with Crippen molar-refractivity contribution in [3.63, 3.8) is 0 Å². The number of carbonyl (C=O) groups excluding carboxylic acids is 2. The van der Waals surface area contributed by atoms with Crippen LogP contribution in [0.1, 0.15) is 21.5 Å². The van der Waals surface area contributed by atoms with Gasteiger partial charge in [-0.1, -0.05) is 24.3 Å². The van der Waals surface area contributed by atoms with Crippen LogP contribution in [0, 0.1) is 5.82 Å². The average molecular weight is 476 g/mol. The van der Waals surface area contributed by atoms with Crippen molar-refractivity contribution in [2.24, 2.45) is 0 Å². The summed E-state index contributed by atoms with van der Waals surface area (Å²) in [6.07, 6.45) is 4.97. The fourth-order valence-electron chi connectivity index (χ4n) is 3.19. The van der Waals surface area contributed by atoms with Crippen molar-refractivity contribution in [1.29, 1.82) is 0 Å². The fraction of sp³-hybridized carbons (Fsp3) is 0.120. The van der Waals surface area contributed by atoms with E-state index in [9.17, 15) is 14.0 Å². The van der Waals surface area contributed by atoms with Crippen molar-refractivity contribution in [2.45, 2.75) is 23.9 Å². The summed E-state index contributed by atoms with van der Waals surface area (Å²) in [4.78, 5) is 29.4. The van der Waals surface area contributed by atoms with Crippen molar-refractivity contribution in [2.75, 3.05) is 5.32 Å². The van der Waals surface area contributed by atoms with Gasteiger partial charge in [0, 0.05) is 36.6 Å². The standard InChI is InChI=1S/C25H22FN5O2S/c26-20-9-7-18(8-10-20)17-34-25-22(6-2-11-27-25)24(33)28-15-19-4-1-5-21(14-19)30-23(32)16-31-13-3-12-29-31/h1-14H,15-17H2,(H,28,33)(H,30,32). The normalized spacial score (nSPS) is 10.6. The lowest BCUT2D eigenvalue weighted by Gasteiger charge is -2.11. The predicted octanol–water partition coefficient (Wildman–Crippen LogP) is 4.28. The number of nitrogens with zero attached hydrogens (tertiary/aromatic N) is 3. The number of carbonyl (C=O) groups is 2. The molecule has 2 aromatic heterocycles. The van der Waals surface area contributed by atoms with Gasteiger partial charge in [0.25, 0.3) is 5.91 Å². The van der Waals surface area contributed by atoms with Gasteiger partial charge in [-0.2, -0.15) is 5.10 Å². The van der Waals surface area contributed by atoms with Crippen molar-refractivity contribution in [3.05, 3.63) is 108 Å². The van der Waals surface area contributed by atoms with Gasteiger partial charge in [0.05, 0.1) is 5.56 Å². The Labute approximate surface area is 200 Å². The first-order chi connectivity index (χ1) is 16.6. The Morgan fingerprint density at radius 2 is 1.82 bits per heavy atom. The Hall–Kier alpha value is -3.98. The molecule has 0 saturated carbocycles. The van der Waals surface area contributed by atoms with Crippen molar-refractivity contribution >= 4 is 29.3 Å². The molecule has 2 N–H and O–H groups in total.